The van der Waals surface area contributed by atoms with Gasteiger partial charge in [0, 0.05) is 42.7 Å². The van der Waals surface area contributed by atoms with Gasteiger partial charge in [0.05, 0.1) is 18.1 Å². The van der Waals surface area contributed by atoms with E-state index in [1.54, 1.807) is 29.2 Å². The zero-order valence-electron chi connectivity index (χ0n) is 24.0. The molecule has 2 N–H and O–H groups in total. The molecular formula is C31H41N7O2. The van der Waals surface area contributed by atoms with E-state index in [1.807, 2.05) is 17.0 Å². The maximum absolute atomic E-state index is 13.7. The minimum atomic E-state index is -0.570. The number of piperazine rings is 1. The van der Waals surface area contributed by atoms with Gasteiger partial charge in [-0.15, -0.1) is 5.10 Å². The Morgan fingerprint density at radius 2 is 1.73 bits per heavy atom. The molecule has 0 bridgehead atoms. The summed E-state index contributed by atoms with van der Waals surface area (Å²) in [6, 6.07) is 16.4. The minimum absolute atomic E-state index is 0.00309. The summed E-state index contributed by atoms with van der Waals surface area (Å²) >= 11 is 0. The molecular weight excluding hydrogens is 502 g/mol. The lowest BCUT2D eigenvalue weighted by molar-refractivity contribution is -0.137. The molecule has 9 nitrogen and oxygen atoms in total. The summed E-state index contributed by atoms with van der Waals surface area (Å²) in [5.41, 5.74) is 3.99. The van der Waals surface area contributed by atoms with Crippen LogP contribution in [-0.2, 0) is 4.79 Å². The molecule has 5 rings (SSSR count). The molecule has 2 aliphatic rings. The zero-order valence-corrected chi connectivity index (χ0v) is 24.0. The summed E-state index contributed by atoms with van der Waals surface area (Å²) in [4.78, 5) is 31.2. The maximum atomic E-state index is 13.7. The molecule has 0 spiro atoms. The second kappa shape index (κ2) is 12.3. The number of aryl methyl sites for hydroxylation is 1. The Hall–Kier alpha value is -3.56. The van der Waals surface area contributed by atoms with Crippen LogP contribution in [0.25, 0.3) is 5.69 Å². The first-order valence-electron chi connectivity index (χ1n) is 14.4. The number of benzene rings is 2. The summed E-state index contributed by atoms with van der Waals surface area (Å²) < 4.78 is 1.64. The third-order valence-electron chi connectivity index (χ3n) is 8.46. The van der Waals surface area contributed by atoms with Crippen LogP contribution in [0.1, 0.15) is 60.5 Å². The van der Waals surface area contributed by atoms with E-state index in [4.69, 9.17) is 0 Å². The van der Waals surface area contributed by atoms with Gasteiger partial charge >= 0.3 is 0 Å². The van der Waals surface area contributed by atoms with Gasteiger partial charge in [-0.05, 0) is 83.5 Å². The average molecular weight is 544 g/mol. The maximum Gasteiger partial charge on any atom is 0.251 e. The van der Waals surface area contributed by atoms with Crippen LogP contribution >= 0.6 is 0 Å². The van der Waals surface area contributed by atoms with Crippen LogP contribution in [0, 0.1) is 6.92 Å². The van der Waals surface area contributed by atoms with Crippen molar-refractivity contribution in [2.45, 2.75) is 70.1 Å². The summed E-state index contributed by atoms with van der Waals surface area (Å²) in [5.74, 6) is 0.322. The number of amides is 2. The van der Waals surface area contributed by atoms with Crippen molar-refractivity contribution in [2.24, 2.45) is 0 Å². The van der Waals surface area contributed by atoms with Crippen LogP contribution in [0.15, 0.2) is 60.9 Å². The fourth-order valence-electron chi connectivity index (χ4n) is 5.61. The van der Waals surface area contributed by atoms with E-state index < -0.39 is 6.04 Å². The lowest BCUT2D eigenvalue weighted by Crippen LogP contribution is -2.60. The number of hydrogen-bond donors (Lipinski definition) is 2. The number of likely N-dealkylation sites (N-methyl/N-ethyl adjacent to an activating group) is 1. The van der Waals surface area contributed by atoms with Gasteiger partial charge in [0.2, 0.25) is 5.91 Å². The smallest absolute Gasteiger partial charge is 0.251 e. The van der Waals surface area contributed by atoms with Gasteiger partial charge in [-0.3, -0.25) is 14.5 Å². The number of carbonyl (C=O) groups excluding carboxylic acids is 2. The summed E-state index contributed by atoms with van der Waals surface area (Å²) in [6.07, 6.45) is 5.89. The first-order chi connectivity index (χ1) is 19.3. The third kappa shape index (κ3) is 6.59. The van der Waals surface area contributed by atoms with Gasteiger partial charge < -0.3 is 15.5 Å². The Morgan fingerprint density at radius 3 is 2.38 bits per heavy atom. The van der Waals surface area contributed by atoms with Gasteiger partial charge in [0.15, 0.2) is 0 Å². The van der Waals surface area contributed by atoms with Crippen molar-refractivity contribution in [3.8, 4) is 5.69 Å². The van der Waals surface area contributed by atoms with Crippen LogP contribution < -0.4 is 10.6 Å². The molecule has 1 aliphatic carbocycles. The topological polar surface area (TPSA) is 95.4 Å². The number of nitrogens with one attached hydrogen (secondary N) is 2. The average Bonchev–Trinajstić information content (AvgIpc) is 3.51. The molecule has 1 aromatic heterocycles. The van der Waals surface area contributed by atoms with Crippen LogP contribution in [0.5, 0.6) is 0 Å². The van der Waals surface area contributed by atoms with Gasteiger partial charge in [-0.1, -0.05) is 35.0 Å². The number of rotatable bonds is 10. The zero-order chi connectivity index (χ0) is 28.2. The SMILES string of the molecule is Cc1ccc([C@@H]2C[C@H]2NCCC[C@H](NC(=O)c2ccc(-n3ccnn3)cc2)C(=O)N2C[C@@H](C)N(C)[C@@H](C)C2)cc1. The Labute approximate surface area is 236 Å². The van der Waals surface area contributed by atoms with Crippen molar-refractivity contribution in [2.75, 3.05) is 26.7 Å². The lowest BCUT2D eigenvalue weighted by atomic mass is 10.0. The predicted octanol–water partition coefficient (Wildman–Crippen LogP) is 3.15. The summed E-state index contributed by atoms with van der Waals surface area (Å²) in [7, 11) is 2.10. The standard InChI is InChI=1S/C31H41N7O2/c1-21-7-9-24(10-8-21)27-18-29(27)32-15-5-6-28(31(40)37-19-22(2)36(4)23(3)20-37)34-30(39)25-11-13-26(14-12-25)38-17-16-33-35-38/h7-14,16-17,22-23,27-29,32H,5-6,15,18-20H2,1-4H3,(H,34,39)/t22-,23+,27-,28-,29+/m0/s1. The first-order valence-corrected chi connectivity index (χ1v) is 14.4. The molecule has 2 aromatic carbocycles. The number of aromatic nitrogens is 3. The van der Waals surface area contributed by atoms with E-state index in [0.717, 1.165) is 25.1 Å². The van der Waals surface area contributed by atoms with E-state index in [1.165, 1.54) is 11.1 Å². The Morgan fingerprint density at radius 1 is 1.02 bits per heavy atom. The Bertz CT molecular complexity index is 1260. The van der Waals surface area contributed by atoms with Gasteiger partial charge in [-0.25, -0.2) is 4.68 Å². The molecule has 0 unspecified atom stereocenters. The molecule has 40 heavy (non-hydrogen) atoms. The first kappa shape index (κ1) is 28.0. The number of nitrogens with zero attached hydrogens (tertiary/aromatic N) is 5. The fraction of sp³-hybridized carbons (Fsp3) is 0.484. The largest absolute Gasteiger partial charge is 0.340 e. The number of hydrogen-bond acceptors (Lipinski definition) is 6. The molecule has 2 fully saturated rings. The fourth-order valence-corrected chi connectivity index (χ4v) is 5.61. The Kier molecular flexibility index (Phi) is 8.61. The molecule has 1 saturated heterocycles. The van der Waals surface area contributed by atoms with Crippen molar-refractivity contribution in [3.63, 3.8) is 0 Å². The van der Waals surface area contributed by atoms with Gasteiger partial charge in [-0.2, -0.15) is 0 Å². The molecule has 2 heterocycles. The molecule has 212 valence electrons. The highest BCUT2D eigenvalue weighted by atomic mass is 16.2. The van der Waals surface area contributed by atoms with E-state index >= 15 is 0 Å². The second-order valence-electron chi connectivity index (χ2n) is 11.5. The molecule has 9 heteroatoms. The van der Waals surface area contributed by atoms with Crippen molar-refractivity contribution < 1.29 is 9.59 Å². The molecule has 3 aromatic rings. The van der Waals surface area contributed by atoms with E-state index in [-0.39, 0.29) is 23.9 Å². The summed E-state index contributed by atoms with van der Waals surface area (Å²) in [6.45, 7) is 8.54. The molecule has 1 saturated carbocycles. The van der Waals surface area contributed by atoms with Gasteiger partial charge in [0.25, 0.3) is 5.91 Å². The third-order valence-corrected chi connectivity index (χ3v) is 8.46. The minimum Gasteiger partial charge on any atom is -0.340 e. The second-order valence-corrected chi connectivity index (χ2v) is 11.5. The van der Waals surface area contributed by atoms with Crippen molar-refractivity contribution in [3.05, 3.63) is 77.6 Å². The lowest BCUT2D eigenvalue weighted by Gasteiger charge is -2.43. The normalized spacial score (nSPS) is 23.6. The quantitative estimate of drug-likeness (QED) is 0.382. The van der Waals surface area contributed by atoms with E-state index in [9.17, 15) is 9.59 Å². The highest BCUT2D eigenvalue weighted by molar-refractivity contribution is 5.97. The van der Waals surface area contributed by atoms with Crippen molar-refractivity contribution in [1.82, 2.24) is 35.4 Å². The molecule has 0 radical (unpaired) electrons. The molecule has 2 amide bonds. The van der Waals surface area contributed by atoms with Gasteiger partial charge in [0.1, 0.15) is 6.04 Å². The monoisotopic (exact) mass is 543 g/mol. The Balaban J connectivity index is 1.20. The van der Waals surface area contributed by atoms with Crippen LogP contribution in [0.3, 0.4) is 0 Å². The molecule has 1 aliphatic heterocycles. The highest BCUT2D eigenvalue weighted by Gasteiger charge is 2.38. The van der Waals surface area contributed by atoms with Crippen molar-refractivity contribution >= 4 is 11.8 Å². The highest BCUT2D eigenvalue weighted by Crippen LogP contribution is 2.40. The van der Waals surface area contributed by atoms with E-state index in [0.29, 0.717) is 37.0 Å². The van der Waals surface area contributed by atoms with Crippen LogP contribution in [0.2, 0.25) is 0 Å². The number of carbonyl (C=O) groups is 2. The van der Waals surface area contributed by atoms with E-state index in [2.05, 4.69) is 77.9 Å². The summed E-state index contributed by atoms with van der Waals surface area (Å²) in [5, 5.41) is 14.5. The van der Waals surface area contributed by atoms with Crippen LogP contribution in [0.4, 0.5) is 0 Å². The van der Waals surface area contributed by atoms with Crippen molar-refractivity contribution in [1.29, 1.82) is 0 Å². The predicted molar refractivity (Wildman–Crippen MR) is 155 cm³/mol. The van der Waals surface area contributed by atoms with Crippen LogP contribution in [-0.4, -0.2) is 87.5 Å². The molecule has 5 atom stereocenters.